The van der Waals surface area contributed by atoms with E-state index in [-0.39, 0.29) is 0 Å². The first-order chi connectivity index (χ1) is 8.93. The third-order valence-corrected chi connectivity index (χ3v) is 4.64. The van der Waals surface area contributed by atoms with Crippen LogP contribution in [0.15, 0.2) is 12.5 Å². The number of aromatic nitrogens is 2. The van der Waals surface area contributed by atoms with E-state index in [1.54, 1.807) is 0 Å². The minimum atomic E-state index is 0.739. The summed E-state index contributed by atoms with van der Waals surface area (Å²) in [6.45, 7) is 5.73. The molecule has 0 radical (unpaired) electrons. The molecule has 0 amide bonds. The largest absolute Gasteiger partial charge is 0.330 e. The highest BCUT2D eigenvalue weighted by molar-refractivity contribution is 7.99. The summed E-state index contributed by atoms with van der Waals surface area (Å²) in [5.41, 5.74) is 1.34. The number of hydrogen-bond acceptors (Lipinski definition) is 4. The zero-order valence-electron chi connectivity index (χ0n) is 10.8. The van der Waals surface area contributed by atoms with Gasteiger partial charge in [0.05, 0.1) is 12.0 Å². The molecule has 2 heterocycles. The Morgan fingerprint density at radius 1 is 1.33 bits per heavy atom. The Hall–Kier alpha value is -0.520. The van der Waals surface area contributed by atoms with Crippen molar-refractivity contribution >= 4 is 11.8 Å². The van der Waals surface area contributed by atoms with E-state index in [1.807, 2.05) is 12.5 Å². The molecule has 0 unspecified atom stereocenters. The highest BCUT2D eigenvalue weighted by Gasteiger charge is 2.24. The van der Waals surface area contributed by atoms with Crippen LogP contribution in [0.1, 0.15) is 24.6 Å². The predicted molar refractivity (Wildman–Crippen MR) is 76.0 cm³/mol. The van der Waals surface area contributed by atoms with Crippen molar-refractivity contribution in [1.29, 1.82) is 0 Å². The molecule has 0 aromatic carbocycles. The van der Waals surface area contributed by atoms with Crippen LogP contribution in [-0.2, 0) is 6.54 Å². The van der Waals surface area contributed by atoms with Crippen LogP contribution in [-0.4, -0.2) is 52.1 Å². The second kappa shape index (κ2) is 6.08. The lowest BCUT2D eigenvalue weighted by atomic mass is 10.4. The SMILES string of the molecule is c1ncn(C2CC2)c1CNCCN1CCSCC1. The number of nitrogens with zero attached hydrogens (tertiary/aromatic N) is 3. The van der Waals surface area contributed by atoms with Crippen molar-refractivity contribution < 1.29 is 0 Å². The maximum absolute atomic E-state index is 4.26. The van der Waals surface area contributed by atoms with E-state index in [0.29, 0.717) is 0 Å². The topological polar surface area (TPSA) is 33.1 Å². The summed E-state index contributed by atoms with van der Waals surface area (Å²) in [5.74, 6) is 2.60. The third kappa shape index (κ3) is 3.28. The maximum Gasteiger partial charge on any atom is 0.0951 e. The van der Waals surface area contributed by atoms with Crippen molar-refractivity contribution in [3.8, 4) is 0 Å². The lowest BCUT2D eigenvalue weighted by molar-refractivity contribution is 0.300. The Kier molecular flexibility index (Phi) is 4.23. The van der Waals surface area contributed by atoms with Gasteiger partial charge in [-0.15, -0.1) is 0 Å². The molecule has 1 saturated heterocycles. The molecule has 1 aliphatic heterocycles. The van der Waals surface area contributed by atoms with E-state index in [4.69, 9.17) is 0 Å². The van der Waals surface area contributed by atoms with E-state index in [2.05, 4.69) is 31.5 Å². The van der Waals surface area contributed by atoms with Crippen molar-refractivity contribution in [2.75, 3.05) is 37.7 Å². The molecule has 2 fully saturated rings. The average molecular weight is 266 g/mol. The van der Waals surface area contributed by atoms with Gasteiger partial charge in [-0.05, 0) is 12.8 Å². The van der Waals surface area contributed by atoms with Gasteiger partial charge in [0, 0.05) is 56.5 Å². The third-order valence-electron chi connectivity index (χ3n) is 3.70. The van der Waals surface area contributed by atoms with Crippen LogP contribution in [0.2, 0.25) is 0 Å². The minimum Gasteiger partial charge on any atom is -0.330 e. The van der Waals surface area contributed by atoms with Gasteiger partial charge >= 0.3 is 0 Å². The summed E-state index contributed by atoms with van der Waals surface area (Å²) in [7, 11) is 0. The smallest absolute Gasteiger partial charge is 0.0951 e. The standard InChI is InChI=1S/C13H22N4S/c1-2-12(1)17-11-15-10-13(17)9-14-3-4-16-5-7-18-8-6-16/h10-12,14H,1-9H2. The van der Waals surface area contributed by atoms with Crippen molar-refractivity contribution in [3.05, 3.63) is 18.2 Å². The number of hydrogen-bond donors (Lipinski definition) is 1. The zero-order valence-corrected chi connectivity index (χ0v) is 11.7. The lowest BCUT2D eigenvalue weighted by Crippen LogP contribution is -2.37. The van der Waals surface area contributed by atoms with Crippen LogP contribution in [0, 0.1) is 0 Å². The number of thioether (sulfide) groups is 1. The van der Waals surface area contributed by atoms with E-state index in [9.17, 15) is 0 Å². The number of rotatable bonds is 6. The summed E-state index contributed by atoms with van der Waals surface area (Å²) in [4.78, 5) is 6.82. The average Bonchev–Trinajstić information content (AvgIpc) is 3.16. The van der Waals surface area contributed by atoms with Gasteiger partial charge in [-0.25, -0.2) is 4.98 Å². The second-order valence-corrected chi connectivity index (χ2v) is 6.38. The molecular formula is C13H22N4S. The molecule has 1 aliphatic carbocycles. The van der Waals surface area contributed by atoms with Gasteiger partial charge in [0.15, 0.2) is 0 Å². The molecule has 18 heavy (non-hydrogen) atoms. The molecule has 3 rings (SSSR count). The minimum absolute atomic E-state index is 0.739. The Labute approximate surface area is 113 Å². The van der Waals surface area contributed by atoms with Gasteiger partial charge in [-0.3, -0.25) is 0 Å². The quantitative estimate of drug-likeness (QED) is 0.788. The van der Waals surface area contributed by atoms with Crippen molar-refractivity contribution in [1.82, 2.24) is 19.8 Å². The number of imidazole rings is 1. The van der Waals surface area contributed by atoms with Crippen LogP contribution >= 0.6 is 11.8 Å². The summed E-state index contributed by atoms with van der Waals surface area (Å²) in [5, 5.41) is 3.55. The fourth-order valence-corrected chi connectivity index (χ4v) is 3.41. The molecule has 5 heteroatoms. The van der Waals surface area contributed by atoms with Gasteiger partial charge < -0.3 is 14.8 Å². The molecular weight excluding hydrogens is 244 g/mol. The highest BCUT2D eigenvalue weighted by atomic mass is 32.2. The van der Waals surface area contributed by atoms with E-state index in [1.165, 1.54) is 49.7 Å². The zero-order chi connectivity index (χ0) is 12.2. The molecule has 4 nitrogen and oxygen atoms in total. The Bertz CT molecular complexity index is 369. The Balaban J connectivity index is 1.37. The van der Waals surface area contributed by atoms with Gasteiger partial charge in [0.2, 0.25) is 0 Å². The summed E-state index contributed by atoms with van der Waals surface area (Å²) in [6.07, 6.45) is 6.64. The Morgan fingerprint density at radius 3 is 2.94 bits per heavy atom. The van der Waals surface area contributed by atoms with Crippen LogP contribution < -0.4 is 5.32 Å². The van der Waals surface area contributed by atoms with Gasteiger partial charge in [0.25, 0.3) is 0 Å². The first kappa shape index (κ1) is 12.5. The van der Waals surface area contributed by atoms with Crippen molar-refractivity contribution in [2.24, 2.45) is 0 Å². The summed E-state index contributed by atoms with van der Waals surface area (Å²) >= 11 is 2.07. The van der Waals surface area contributed by atoms with Crippen LogP contribution in [0.5, 0.6) is 0 Å². The molecule has 2 aliphatic rings. The van der Waals surface area contributed by atoms with Gasteiger partial charge in [0.1, 0.15) is 0 Å². The van der Waals surface area contributed by atoms with Crippen LogP contribution in [0.25, 0.3) is 0 Å². The molecule has 1 N–H and O–H groups in total. The summed E-state index contributed by atoms with van der Waals surface area (Å²) < 4.78 is 2.34. The second-order valence-electron chi connectivity index (χ2n) is 5.15. The van der Waals surface area contributed by atoms with Crippen molar-refractivity contribution in [3.63, 3.8) is 0 Å². The van der Waals surface area contributed by atoms with Crippen LogP contribution in [0.4, 0.5) is 0 Å². The molecule has 0 spiro atoms. The molecule has 0 bridgehead atoms. The molecule has 100 valence electrons. The fraction of sp³-hybridized carbons (Fsp3) is 0.769. The van der Waals surface area contributed by atoms with Gasteiger partial charge in [-0.2, -0.15) is 11.8 Å². The van der Waals surface area contributed by atoms with Crippen molar-refractivity contribution in [2.45, 2.75) is 25.4 Å². The normalized spacial score (nSPS) is 21.3. The first-order valence-corrected chi connectivity index (χ1v) is 8.10. The lowest BCUT2D eigenvalue weighted by Gasteiger charge is -2.26. The first-order valence-electron chi connectivity index (χ1n) is 6.95. The monoisotopic (exact) mass is 266 g/mol. The maximum atomic E-state index is 4.26. The van der Waals surface area contributed by atoms with E-state index in [0.717, 1.165) is 19.1 Å². The van der Waals surface area contributed by atoms with Crippen LogP contribution in [0.3, 0.4) is 0 Å². The Morgan fingerprint density at radius 2 is 2.17 bits per heavy atom. The summed E-state index contributed by atoms with van der Waals surface area (Å²) in [6, 6.07) is 0.739. The molecule has 1 saturated carbocycles. The molecule has 1 aromatic rings. The molecule has 0 atom stereocenters. The van der Waals surface area contributed by atoms with E-state index >= 15 is 0 Å². The highest BCUT2D eigenvalue weighted by Crippen LogP contribution is 2.35. The van der Waals surface area contributed by atoms with E-state index < -0.39 is 0 Å². The van der Waals surface area contributed by atoms with Gasteiger partial charge in [-0.1, -0.05) is 0 Å². The number of nitrogens with one attached hydrogen (secondary N) is 1. The predicted octanol–water partition coefficient (Wildman–Crippen LogP) is 1.36. The molecule has 1 aromatic heterocycles. The fourth-order valence-electron chi connectivity index (χ4n) is 2.43.